The van der Waals surface area contributed by atoms with Crippen molar-refractivity contribution >= 4 is 28.7 Å². The number of anilines is 1. The number of carbonyl (C=O) groups is 2. The zero-order valence-corrected chi connectivity index (χ0v) is 21.4. The van der Waals surface area contributed by atoms with Crippen LogP contribution in [0.25, 0.3) is 22.3 Å². The molecule has 1 saturated heterocycles. The monoisotopic (exact) mass is 529 g/mol. The number of nitrogens with one attached hydrogen (secondary N) is 1. The van der Waals surface area contributed by atoms with Gasteiger partial charge in [-0.05, 0) is 36.6 Å². The van der Waals surface area contributed by atoms with Crippen molar-refractivity contribution in [2.24, 2.45) is 0 Å². The van der Waals surface area contributed by atoms with Crippen molar-refractivity contribution in [3.63, 3.8) is 0 Å². The molecule has 11 heteroatoms. The van der Waals surface area contributed by atoms with Crippen LogP contribution in [0.4, 0.5) is 10.2 Å². The van der Waals surface area contributed by atoms with Crippen LogP contribution in [0.1, 0.15) is 34.8 Å². The second-order valence-corrected chi connectivity index (χ2v) is 9.23. The number of aromatic nitrogens is 4. The number of methoxy groups -OCH3 is 1. The van der Waals surface area contributed by atoms with Crippen LogP contribution in [0.15, 0.2) is 61.4 Å². The fourth-order valence-electron chi connectivity index (χ4n) is 4.88. The largest absolute Gasteiger partial charge is 0.496 e. The molecule has 0 radical (unpaired) electrons. The summed E-state index contributed by atoms with van der Waals surface area (Å²) in [5.41, 5.74) is 8.96. The lowest BCUT2D eigenvalue weighted by Crippen LogP contribution is -2.40. The van der Waals surface area contributed by atoms with Crippen LogP contribution in [0.2, 0.25) is 0 Å². The molecule has 1 unspecified atom stereocenters. The number of nitrogens with two attached hydrogens (primary N) is 1. The molecule has 1 aliphatic rings. The first-order valence-corrected chi connectivity index (χ1v) is 12.5. The summed E-state index contributed by atoms with van der Waals surface area (Å²) in [4.78, 5) is 35.3. The highest BCUT2D eigenvalue weighted by molar-refractivity contribution is 5.98. The summed E-state index contributed by atoms with van der Waals surface area (Å²) < 4.78 is 21.2. The Labute approximate surface area is 224 Å². The van der Waals surface area contributed by atoms with E-state index in [1.165, 1.54) is 37.7 Å². The van der Waals surface area contributed by atoms with Crippen LogP contribution in [0.3, 0.4) is 0 Å². The van der Waals surface area contributed by atoms with E-state index in [-0.39, 0.29) is 29.8 Å². The third-order valence-corrected chi connectivity index (χ3v) is 6.85. The highest BCUT2D eigenvalue weighted by Crippen LogP contribution is 2.34. The van der Waals surface area contributed by atoms with Crippen LogP contribution in [-0.4, -0.2) is 56.7 Å². The van der Waals surface area contributed by atoms with Gasteiger partial charge in [0.05, 0.1) is 18.5 Å². The fraction of sp³-hybridized carbons (Fsp3) is 0.250. The number of ether oxygens (including phenoxy) is 1. The molecule has 2 aromatic carbocycles. The van der Waals surface area contributed by atoms with Gasteiger partial charge in [-0.2, -0.15) is 5.10 Å². The van der Waals surface area contributed by atoms with E-state index in [0.29, 0.717) is 35.6 Å². The number of piperidine rings is 1. The van der Waals surface area contributed by atoms with Crippen LogP contribution in [0, 0.1) is 5.82 Å². The van der Waals surface area contributed by atoms with E-state index in [1.807, 2.05) is 28.9 Å². The lowest BCUT2D eigenvalue weighted by Gasteiger charge is -2.32. The Kier molecular flexibility index (Phi) is 7.22. The highest BCUT2D eigenvalue weighted by atomic mass is 19.1. The number of hydrogen-bond acceptors (Lipinski definition) is 7. The third-order valence-electron chi connectivity index (χ3n) is 6.85. The lowest BCUT2D eigenvalue weighted by molar-refractivity contribution is -0.127. The normalized spacial score (nSPS) is 15.2. The zero-order chi connectivity index (χ0) is 27.5. The van der Waals surface area contributed by atoms with Gasteiger partial charge in [0.1, 0.15) is 35.0 Å². The van der Waals surface area contributed by atoms with Crippen LogP contribution in [0.5, 0.6) is 5.75 Å². The summed E-state index contributed by atoms with van der Waals surface area (Å²) in [5, 5.41) is 8.25. The average molecular weight is 530 g/mol. The number of nitrogen functional groups attached to an aromatic ring is 1. The summed E-state index contributed by atoms with van der Waals surface area (Å²) in [6.07, 6.45) is 4.41. The predicted octanol–water partition coefficient (Wildman–Crippen LogP) is 3.50. The van der Waals surface area contributed by atoms with Gasteiger partial charge in [-0.1, -0.05) is 36.9 Å². The first kappa shape index (κ1) is 25.8. The Hall–Kier alpha value is -4.80. The van der Waals surface area contributed by atoms with Crippen molar-refractivity contribution < 1.29 is 18.7 Å². The zero-order valence-electron chi connectivity index (χ0n) is 21.4. The van der Waals surface area contributed by atoms with E-state index in [9.17, 15) is 14.0 Å². The van der Waals surface area contributed by atoms with Gasteiger partial charge in [-0.15, -0.1) is 0 Å². The third kappa shape index (κ3) is 5.02. The van der Waals surface area contributed by atoms with Crippen LogP contribution in [-0.2, 0) is 11.3 Å². The van der Waals surface area contributed by atoms with Gasteiger partial charge in [0.2, 0.25) is 5.91 Å². The molecule has 0 spiro atoms. The predicted molar refractivity (Wildman–Crippen MR) is 144 cm³/mol. The summed E-state index contributed by atoms with van der Waals surface area (Å²) >= 11 is 0. The van der Waals surface area contributed by atoms with Crippen molar-refractivity contribution in [3.8, 4) is 17.0 Å². The maximum Gasteiger partial charge on any atom is 0.258 e. The number of likely N-dealkylation sites (tertiary alicyclic amines) is 1. The first-order chi connectivity index (χ1) is 18.9. The molecule has 39 heavy (non-hydrogen) atoms. The van der Waals surface area contributed by atoms with E-state index in [1.54, 1.807) is 4.90 Å². The fourth-order valence-corrected chi connectivity index (χ4v) is 4.88. The topological polar surface area (TPSA) is 128 Å². The smallest absolute Gasteiger partial charge is 0.258 e. The van der Waals surface area contributed by atoms with Gasteiger partial charge < -0.3 is 20.7 Å². The number of benzene rings is 2. The Bertz CT molecular complexity index is 1550. The maximum atomic E-state index is 14.2. The van der Waals surface area contributed by atoms with Crippen molar-refractivity contribution in [3.05, 3.63) is 78.4 Å². The number of halogens is 1. The van der Waals surface area contributed by atoms with Crippen molar-refractivity contribution in [2.45, 2.75) is 25.4 Å². The van der Waals surface area contributed by atoms with Crippen molar-refractivity contribution in [1.29, 1.82) is 0 Å². The van der Waals surface area contributed by atoms with Gasteiger partial charge in [0.25, 0.3) is 5.91 Å². The summed E-state index contributed by atoms with van der Waals surface area (Å²) in [6, 6.07) is 11.6. The van der Waals surface area contributed by atoms with E-state index in [2.05, 4.69) is 21.9 Å². The molecule has 0 saturated carbocycles. The average Bonchev–Trinajstić information content (AvgIpc) is 3.36. The number of amides is 2. The Balaban J connectivity index is 1.39. The summed E-state index contributed by atoms with van der Waals surface area (Å²) in [5.74, 6) is -0.854. The second-order valence-electron chi connectivity index (χ2n) is 9.23. The Morgan fingerprint density at radius 1 is 1.23 bits per heavy atom. The molecule has 2 amide bonds. The van der Waals surface area contributed by atoms with Gasteiger partial charge in [-0.25, -0.2) is 19.0 Å². The molecule has 0 bridgehead atoms. The second kappa shape index (κ2) is 10.9. The molecule has 3 heterocycles. The van der Waals surface area contributed by atoms with E-state index in [0.717, 1.165) is 24.0 Å². The molecular weight excluding hydrogens is 501 g/mol. The van der Waals surface area contributed by atoms with E-state index in [4.69, 9.17) is 15.6 Å². The number of rotatable bonds is 7. The minimum absolute atomic E-state index is 0.0712. The molecule has 10 nitrogen and oxygen atoms in total. The van der Waals surface area contributed by atoms with E-state index >= 15 is 0 Å². The first-order valence-electron chi connectivity index (χ1n) is 12.5. The van der Waals surface area contributed by atoms with Gasteiger partial charge >= 0.3 is 0 Å². The molecule has 1 fully saturated rings. The Morgan fingerprint density at radius 3 is 2.77 bits per heavy atom. The molecule has 200 valence electrons. The minimum Gasteiger partial charge on any atom is -0.496 e. The number of fused-ring (bicyclic) bond motifs is 1. The molecule has 5 rings (SSSR count). The number of hydrogen-bond donors (Lipinski definition) is 2. The van der Waals surface area contributed by atoms with Crippen molar-refractivity contribution in [2.75, 3.05) is 25.9 Å². The van der Waals surface area contributed by atoms with Gasteiger partial charge in [0, 0.05) is 25.2 Å². The molecular formula is C28H28FN7O3. The van der Waals surface area contributed by atoms with E-state index < -0.39 is 11.7 Å². The highest BCUT2D eigenvalue weighted by Gasteiger charge is 2.28. The Morgan fingerprint density at radius 2 is 2.03 bits per heavy atom. The minimum atomic E-state index is -0.653. The maximum absolute atomic E-state index is 14.2. The van der Waals surface area contributed by atoms with Crippen LogP contribution < -0.4 is 15.8 Å². The lowest BCUT2D eigenvalue weighted by atomic mass is 10.1. The van der Waals surface area contributed by atoms with Gasteiger partial charge in [-0.3, -0.25) is 9.59 Å². The summed E-state index contributed by atoms with van der Waals surface area (Å²) in [7, 11) is 1.39. The molecule has 2 aromatic heterocycles. The number of nitrogens with zero attached hydrogens (tertiary/aromatic N) is 5. The molecule has 1 aliphatic heterocycles. The summed E-state index contributed by atoms with van der Waals surface area (Å²) in [6.45, 7) is 4.96. The molecule has 3 N–H and O–H groups in total. The molecule has 0 aliphatic carbocycles. The standard InChI is InChI=1S/C28H28FN7O3/c1-3-22(37)35-13-5-6-19(15-35)36-27-24(26(30)32-16-33-27)25(34-36)18-11-9-17(10-12-18)14-31-28(38)23-20(29)7-4-8-21(23)39-2/h3-4,7-12,16,19H,1,5-6,13-15H2,2H3,(H,31,38)(H2,30,32,33). The van der Waals surface area contributed by atoms with Crippen molar-refractivity contribution in [1.82, 2.24) is 30.0 Å². The quantitative estimate of drug-likeness (QED) is 0.351. The molecule has 4 aromatic rings. The number of carbonyl (C=O) groups excluding carboxylic acids is 2. The van der Waals surface area contributed by atoms with Gasteiger partial charge in [0.15, 0.2) is 5.65 Å². The molecule has 1 atom stereocenters. The van der Waals surface area contributed by atoms with Crippen LogP contribution >= 0.6 is 0 Å². The SMILES string of the molecule is C=CC(=O)N1CCCC(n2nc(-c3ccc(CNC(=O)c4c(F)cccc4OC)cc3)c3c(N)ncnc32)C1.